The van der Waals surface area contributed by atoms with Gasteiger partial charge < -0.3 is 24.1 Å². The summed E-state index contributed by atoms with van der Waals surface area (Å²) in [7, 11) is 5.15. The molecule has 0 unspecified atom stereocenters. The van der Waals surface area contributed by atoms with E-state index in [1.54, 1.807) is 31.8 Å². The summed E-state index contributed by atoms with van der Waals surface area (Å²) in [6, 6.07) is 16.3. The number of aromatic nitrogens is 1. The Hall–Kier alpha value is -4.00. The number of carbonyl (C=O) groups excluding carboxylic acids is 1. The zero-order chi connectivity index (χ0) is 23.2. The number of rotatable bonds is 4. The van der Waals surface area contributed by atoms with Crippen molar-refractivity contribution in [1.29, 1.82) is 0 Å². The second-order valence-electron chi connectivity index (χ2n) is 7.61. The van der Waals surface area contributed by atoms with Crippen molar-refractivity contribution >= 4 is 34.0 Å². The van der Waals surface area contributed by atoms with Crippen LogP contribution in [0.4, 0.5) is 17.1 Å². The molecule has 33 heavy (non-hydrogen) atoms. The highest BCUT2D eigenvalue weighted by atomic mass is 16.5. The minimum absolute atomic E-state index is 0.359. The fourth-order valence-corrected chi connectivity index (χ4v) is 3.73. The molecule has 0 saturated carbocycles. The van der Waals surface area contributed by atoms with Crippen molar-refractivity contribution in [3.05, 3.63) is 78.3 Å². The van der Waals surface area contributed by atoms with Crippen LogP contribution in [0.2, 0.25) is 0 Å². The quantitative estimate of drug-likeness (QED) is 0.419. The molecular formula is C26H27N3O4. The topological polar surface area (TPSA) is 76.8 Å². The van der Waals surface area contributed by atoms with Crippen molar-refractivity contribution in [2.75, 3.05) is 38.0 Å². The minimum atomic E-state index is -0.359. The molecule has 1 N–H and O–H groups in total. The molecule has 7 heteroatoms. The zero-order valence-electron chi connectivity index (χ0n) is 19.0. The highest BCUT2D eigenvalue weighted by molar-refractivity contribution is 5.95. The number of anilines is 3. The number of nitrogens with zero attached hydrogens (tertiary/aromatic N) is 2. The van der Waals surface area contributed by atoms with Crippen LogP contribution in [0.25, 0.3) is 11.0 Å². The van der Waals surface area contributed by atoms with Gasteiger partial charge in [0.05, 0.1) is 37.4 Å². The Labute approximate surface area is 192 Å². The maximum Gasteiger partial charge on any atom is 0.340 e. The molecule has 0 aliphatic carbocycles. The van der Waals surface area contributed by atoms with E-state index in [-0.39, 0.29) is 5.97 Å². The van der Waals surface area contributed by atoms with Gasteiger partial charge in [0, 0.05) is 43.1 Å². The lowest BCUT2D eigenvalue weighted by molar-refractivity contribution is 0.0601. The molecule has 0 fully saturated rings. The molecule has 0 spiro atoms. The molecule has 2 aromatic carbocycles. The van der Waals surface area contributed by atoms with Crippen LogP contribution in [0, 0.1) is 0 Å². The van der Waals surface area contributed by atoms with Crippen molar-refractivity contribution in [1.82, 2.24) is 4.98 Å². The number of carbonyl (C=O) groups is 1. The van der Waals surface area contributed by atoms with Crippen LogP contribution in [0.5, 0.6) is 5.75 Å². The van der Waals surface area contributed by atoms with Crippen molar-refractivity contribution in [2.24, 2.45) is 0 Å². The van der Waals surface area contributed by atoms with Gasteiger partial charge in [0.2, 0.25) is 0 Å². The van der Waals surface area contributed by atoms with E-state index in [9.17, 15) is 4.79 Å². The van der Waals surface area contributed by atoms with E-state index in [0.717, 1.165) is 47.5 Å². The third-order valence-electron chi connectivity index (χ3n) is 5.61. The Morgan fingerprint density at radius 2 is 1.94 bits per heavy atom. The van der Waals surface area contributed by atoms with E-state index in [1.807, 2.05) is 12.1 Å². The van der Waals surface area contributed by atoms with Crippen LogP contribution in [0.3, 0.4) is 0 Å². The SMILES string of the molecule is CN(c1ccc2c(c1)OCCC2)c1ccc2occc2c1.CNc1cnccc1C(=O)OC. The second-order valence-corrected chi connectivity index (χ2v) is 7.61. The van der Waals surface area contributed by atoms with Crippen molar-refractivity contribution in [2.45, 2.75) is 12.8 Å². The lowest BCUT2D eigenvalue weighted by atomic mass is 10.1. The molecule has 1 aliphatic rings. The highest BCUT2D eigenvalue weighted by Gasteiger charge is 2.13. The molecule has 2 aromatic heterocycles. The summed E-state index contributed by atoms with van der Waals surface area (Å²) in [4.78, 5) is 17.1. The van der Waals surface area contributed by atoms with Crippen LogP contribution >= 0.6 is 0 Å². The first-order valence-corrected chi connectivity index (χ1v) is 10.8. The number of methoxy groups -OCH3 is 1. The zero-order valence-corrected chi connectivity index (χ0v) is 19.0. The molecule has 7 nitrogen and oxygen atoms in total. The summed E-state index contributed by atoms with van der Waals surface area (Å²) in [6.07, 6.45) is 7.07. The van der Waals surface area contributed by atoms with Crippen LogP contribution in [0.1, 0.15) is 22.3 Å². The fraction of sp³-hybridized carbons (Fsp3) is 0.231. The van der Waals surface area contributed by atoms with Gasteiger partial charge in [-0.15, -0.1) is 0 Å². The number of nitrogens with one attached hydrogen (secondary N) is 1. The molecule has 1 aliphatic heterocycles. The summed E-state index contributed by atoms with van der Waals surface area (Å²) < 4.78 is 15.7. The molecule has 4 aromatic rings. The smallest absolute Gasteiger partial charge is 0.340 e. The van der Waals surface area contributed by atoms with E-state index in [2.05, 4.69) is 57.3 Å². The van der Waals surface area contributed by atoms with Gasteiger partial charge >= 0.3 is 5.97 Å². The first-order chi connectivity index (χ1) is 16.1. The Morgan fingerprint density at radius 3 is 2.76 bits per heavy atom. The highest BCUT2D eigenvalue weighted by Crippen LogP contribution is 2.33. The van der Waals surface area contributed by atoms with Gasteiger partial charge in [-0.2, -0.15) is 0 Å². The predicted octanol–water partition coefficient (Wildman–Crippen LogP) is 5.44. The van der Waals surface area contributed by atoms with Gasteiger partial charge in [0.1, 0.15) is 11.3 Å². The predicted molar refractivity (Wildman–Crippen MR) is 130 cm³/mol. The second kappa shape index (κ2) is 10.1. The van der Waals surface area contributed by atoms with Crippen LogP contribution in [-0.2, 0) is 11.2 Å². The molecule has 0 atom stereocenters. The number of aryl methyl sites for hydroxylation is 1. The van der Waals surface area contributed by atoms with Crippen molar-refractivity contribution in [3.8, 4) is 5.75 Å². The van der Waals surface area contributed by atoms with Gasteiger partial charge in [-0.3, -0.25) is 4.98 Å². The van der Waals surface area contributed by atoms with E-state index in [0.29, 0.717) is 11.3 Å². The first kappa shape index (κ1) is 22.2. The molecule has 3 heterocycles. The number of hydrogen-bond acceptors (Lipinski definition) is 7. The Bertz CT molecular complexity index is 1250. The van der Waals surface area contributed by atoms with E-state index in [4.69, 9.17) is 9.15 Å². The number of fused-ring (bicyclic) bond motifs is 2. The molecular weight excluding hydrogens is 418 g/mol. The van der Waals surface area contributed by atoms with E-state index in [1.165, 1.54) is 12.7 Å². The van der Waals surface area contributed by atoms with E-state index < -0.39 is 0 Å². The van der Waals surface area contributed by atoms with Gasteiger partial charge in [-0.05, 0) is 54.8 Å². The van der Waals surface area contributed by atoms with Gasteiger partial charge in [0.15, 0.2) is 0 Å². The molecule has 0 bridgehead atoms. The first-order valence-electron chi connectivity index (χ1n) is 10.8. The summed E-state index contributed by atoms with van der Waals surface area (Å²) in [5.41, 5.74) is 5.67. The number of pyridine rings is 1. The lowest BCUT2D eigenvalue weighted by Crippen LogP contribution is -2.12. The van der Waals surface area contributed by atoms with Crippen LogP contribution in [-0.4, -0.2) is 38.8 Å². The third kappa shape index (κ3) is 4.92. The molecule has 0 radical (unpaired) electrons. The van der Waals surface area contributed by atoms with Gasteiger partial charge in [-0.25, -0.2) is 4.79 Å². The lowest BCUT2D eigenvalue weighted by Gasteiger charge is -2.23. The number of esters is 1. The van der Waals surface area contributed by atoms with Gasteiger partial charge in [0.25, 0.3) is 0 Å². The number of hydrogen-bond donors (Lipinski definition) is 1. The molecule has 0 amide bonds. The normalized spacial score (nSPS) is 12.1. The Balaban J connectivity index is 0.000000185. The fourth-order valence-electron chi connectivity index (χ4n) is 3.73. The average Bonchev–Trinajstić information content (AvgIpc) is 3.36. The number of ether oxygens (including phenoxy) is 2. The number of furan rings is 1. The largest absolute Gasteiger partial charge is 0.493 e. The van der Waals surface area contributed by atoms with Crippen molar-refractivity contribution < 1.29 is 18.7 Å². The monoisotopic (exact) mass is 445 g/mol. The maximum absolute atomic E-state index is 11.1. The summed E-state index contributed by atoms with van der Waals surface area (Å²) in [6.45, 7) is 0.821. The Morgan fingerprint density at radius 1 is 1.12 bits per heavy atom. The Kier molecular flexibility index (Phi) is 6.78. The van der Waals surface area contributed by atoms with Crippen LogP contribution in [0.15, 0.2) is 71.6 Å². The molecule has 5 rings (SSSR count). The summed E-state index contributed by atoms with van der Waals surface area (Å²) in [5, 5.41) is 3.97. The summed E-state index contributed by atoms with van der Waals surface area (Å²) >= 11 is 0. The summed E-state index contributed by atoms with van der Waals surface area (Å²) in [5.74, 6) is 0.664. The van der Waals surface area contributed by atoms with Crippen LogP contribution < -0.4 is 15.0 Å². The van der Waals surface area contributed by atoms with Gasteiger partial charge in [-0.1, -0.05) is 6.07 Å². The van der Waals surface area contributed by atoms with E-state index >= 15 is 0 Å². The maximum atomic E-state index is 11.1. The minimum Gasteiger partial charge on any atom is -0.493 e. The molecule has 170 valence electrons. The number of benzene rings is 2. The average molecular weight is 446 g/mol. The third-order valence-corrected chi connectivity index (χ3v) is 5.61. The standard InChI is InChI=1S/C18H17NO2.C8H10N2O2/c1-19(15-6-7-17-14(11-15)8-10-21-17)16-5-4-13-3-2-9-20-18(13)12-16;1-9-7-5-10-4-3-6(7)8(11)12-2/h4-8,10-12H,2-3,9H2,1H3;3-5,9H,1-2H3. The molecule has 0 saturated heterocycles. The van der Waals surface area contributed by atoms with Crippen molar-refractivity contribution in [3.63, 3.8) is 0 Å².